The van der Waals surface area contributed by atoms with Gasteiger partial charge in [-0.15, -0.1) is 0 Å². The van der Waals surface area contributed by atoms with Crippen LogP contribution < -0.4 is 20.2 Å². The summed E-state index contributed by atoms with van der Waals surface area (Å²) in [4.78, 5) is 15.7. The van der Waals surface area contributed by atoms with Gasteiger partial charge in [0.25, 0.3) is 0 Å². The molecular weight excluding hydrogens is 420 g/mol. The summed E-state index contributed by atoms with van der Waals surface area (Å²) in [7, 11) is 1.57. The van der Waals surface area contributed by atoms with Crippen molar-refractivity contribution in [3.8, 4) is 11.5 Å². The number of carbonyl (C=O) groups is 1. The lowest BCUT2D eigenvalue weighted by Gasteiger charge is -2.11. The number of guanidine groups is 1. The molecule has 0 amide bonds. The average molecular weight is 445 g/mol. The largest absolute Gasteiger partial charge is 0.504 e. The Kier molecular flexibility index (Phi) is 6.60. The van der Waals surface area contributed by atoms with Crippen LogP contribution in [0.2, 0.25) is 0 Å². The van der Waals surface area contributed by atoms with E-state index < -0.39 is 0 Å². The van der Waals surface area contributed by atoms with Gasteiger partial charge in [-0.3, -0.25) is 15.0 Å². The Balaban J connectivity index is 2.05. The van der Waals surface area contributed by atoms with E-state index in [4.69, 9.17) is 26.3 Å². The zero-order valence-corrected chi connectivity index (χ0v) is 18.5. The Morgan fingerprint density at radius 2 is 1.94 bits per heavy atom. The lowest BCUT2D eigenvalue weighted by atomic mass is 9.97. The molecule has 164 valence electrons. The number of aromatic hydroxyl groups is 1. The smallest absolute Gasteiger partial charge is 0.205 e. The Labute approximate surface area is 185 Å². The van der Waals surface area contributed by atoms with E-state index in [2.05, 4.69) is 15.5 Å². The highest BCUT2D eigenvalue weighted by molar-refractivity contribution is 6.21. The van der Waals surface area contributed by atoms with Gasteiger partial charge in [0.05, 0.1) is 12.7 Å². The van der Waals surface area contributed by atoms with Crippen LogP contribution in [0.4, 0.5) is 5.88 Å². The van der Waals surface area contributed by atoms with Crippen LogP contribution in [0.25, 0.3) is 11.0 Å². The van der Waals surface area contributed by atoms with Crippen molar-refractivity contribution >= 4 is 40.4 Å². The lowest BCUT2D eigenvalue weighted by Crippen LogP contribution is -2.34. The van der Waals surface area contributed by atoms with E-state index in [9.17, 15) is 9.90 Å². The van der Waals surface area contributed by atoms with Gasteiger partial charge in [-0.25, -0.2) is 0 Å². The van der Waals surface area contributed by atoms with Crippen molar-refractivity contribution in [2.75, 3.05) is 25.5 Å². The summed E-state index contributed by atoms with van der Waals surface area (Å²) in [5.74, 6) is 0.559. The maximum atomic E-state index is 13.5. The second kappa shape index (κ2) is 9.18. The molecule has 0 spiro atoms. The molecule has 9 heteroatoms. The third kappa shape index (κ3) is 4.39. The van der Waals surface area contributed by atoms with Crippen LogP contribution in [0.15, 0.2) is 28.7 Å². The number of phenolic OH excluding ortho intramolecular Hbond substituents is 1. The van der Waals surface area contributed by atoms with Crippen molar-refractivity contribution in [1.29, 1.82) is 5.41 Å². The van der Waals surface area contributed by atoms with Crippen LogP contribution in [0, 0.1) is 26.2 Å². The summed E-state index contributed by atoms with van der Waals surface area (Å²) in [6.45, 7) is 6.31. The predicted molar refractivity (Wildman–Crippen MR) is 122 cm³/mol. The molecule has 2 aromatic carbocycles. The molecule has 8 nitrogen and oxygen atoms in total. The normalized spacial score (nSPS) is 10.7. The van der Waals surface area contributed by atoms with Crippen molar-refractivity contribution in [3.63, 3.8) is 0 Å². The molecule has 0 aliphatic rings. The molecule has 0 saturated carbocycles. The minimum atomic E-state index is -0.256. The molecule has 0 aliphatic carbocycles. The molecular formula is C22H25ClN4O4. The minimum absolute atomic E-state index is 0.0106. The van der Waals surface area contributed by atoms with Crippen LogP contribution in [0.1, 0.15) is 32.6 Å². The first-order valence-electron chi connectivity index (χ1n) is 9.66. The van der Waals surface area contributed by atoms with Gasteiger partial charge in [0, 0.05) is 35.8 Å². The topological polar surface area (TPSA) is 120 Å². The number of phenols is 1. The summed E-state index contributed by atoms with van der Waals surface area (Å²) in [6, 6.07) is 7.02. The SMILES string of the molecule is COc1cc(C(=O)c2c(NCCNC(=N)NCl)oc3c(O)c(C)ccc23)cc(C)c1C. The number of ketones is 1. The number of rotatable bonds is 7. The van der Waals surface area contributed by atoms with Gasteiger partial charge in [-0.05, 0) is 55.7 Å². The van der Waals surface area contributed by atoms with Crippen LogP contribution in [-0.4, -0.2) is 37.0 Å². The van der Waals surface area contributed by atoms with Crippen molar-refractivity contribution in [1.82, 2.24) is 10.2 Å². The van der Waals surface area contributed by atoms with Gasteiger partial charge < -0.3 is 24.9 Å². The van der Waals surface area contributed by atoms with E-state index in [1.54, 1.807) is 32.2 Å². The number of carbonyl (C=O) groups excluding carboxylic acids is 1. The number of hydrogen-bond donors (Lipinski definition) is 5. The first-order valence-corrected chi connectivity index (χ1v) is 10.0. The molecule has 0 radical (unpaired) electrons. The van der Waals surface area contributed by atoms with Crippen molar-refractivity contribution in [2.24, 2.45) is 0 Å². The Hall–Kier alpha value is -3.39. The summed E-state index contributed by atoms with van der Waals surface area (Å²) in [5, 5.41) is 24.3. The molecule has 0 aliphatic heterocycles. The molecule has 3 aromatic rings. The molecule has 0 saturated heterocycles. The summed E-state index contributed by atoms with van der Waals surface area (Å²) >= 11 is 5.36. The molecule has 31 heavy (non-hydrogen) atoms. The number of anilines is 1. The third-order valence-corrected chi connectivity index (χ3v) is 5.36. The van der Waals surface area contributed by atoms with Crippen molar-refractivity contribution in [2.45, 2.75) is 20.8 Å². The molecule has 5 N–H and O–H groups in total. The van der Waals surface area contributed by atoms with Crippen LogP contribution >= 0.6 is 11.8 Å². The summed E-state index contributed by atoms with van der Waals surface area (Å²) in [5.41, 5.74) is 3.55. The standard InChI is InChI=1S/C22H25ClN4O4/c1-11-5-6-15-17(19(29)14-9-12(2)13(3)16(10-14)30-4)21(31-20(15)18(11)28)25-7-8-26-22(24)27-23/h5-6,9-10,25,28H,7-8H2,1-4H3,(H3,24,26,27). The molecule has 3 rings (SSSR count). The Bertz CT molecular complexity index is 1160. The van der Waals surface area contributed by atoms with Gasteiger partial charge >= 0.3 is 0 Å². The van der Waals surface area contributed by atoms with Crippen molar-refractivity contribution < 1.29 is 19.1 Å². The van der Waals surface area contributed by atoms with E-state index in [1.807, 2.05) is 19.9 Å². The molecule has 1 aromatic heterocycles. The van der Waals surface area contributed by atoms with E-state index >= 15 is 0 Å². The first kappa shape index (κ1) is 22.3. The van der Waals surface area contributed by atoms with Crippen LogP contribution in [-0.2, 0) is 0 Å². The number of halogens is 1. The second-order valence-electron chi connectivity index (χ2n) is 7.19. The highest BCUT2D eigenvalue weighted by Gasteiger charge is 2.25. The monoisotopic (exact) mass is 444 g/mol. The highest BCUT2D eigenvalue weighted by atomic mass is 35.5. The first-order chi connectivity index (χ1) is 14.8. The second-order valence-corrected chi connectivity index (χ2v) is 7.38. The summed E-state index contributed by atoms with van der Waals surface area (Å²) < 4.78 is 11.3. The number of ether oxygens (including phenoxy) is 1. The zero-order chi connectivity index (χ0) is 22.7. The number of aryl methyl sites for hydroxylation is 2. The molecule has 1 heterocycles. The van der Waals surface area contributed by atoms with Gasteiger partial charge in [0.1, 0.15) is 5.75 Å². The van der Waals surface area contributed by atoms with Gasteiger partial charge in [-0.1, -0.05) is 6.07 Å². The fourth-order valence-corrected chi connectivity index (χ4v) is 3.37. The zero-order valence-electron chi connectivity index (χ0n) is 17.8. The summed E-state index contributed by atoms with van der Waals surface area (Å²) in [6.07, 6.45) is 0. The number of hydrogen-bond acceptors (Lipinski definition) is 6. The Morgan fingerprint density at radius 1 is 1.19 bits per heavy atom. The quantitative estimate of drug-likeness (QED) is 0.123. The molecule has 0 atom stereocenters. The number of benzene rings is 2. The Morgan fingerprint density at radius 3 is 2.61 bits per heavy atom. The maximum absolute atomic E-state index is 13.5. The van der Waals surface area contributed by atoms with Gasteiger partial charge in [-0.2, -0.15) is 0 Å². The fraction of sp³-hybridized carbons (Fsp3) is 0.273. The van der Waals surface area contributed by atoms with E-state index in [1.165, 1.54) is 0 Å². The average Bonchev–Trinajstić information content (AvgIpc) is 3.13. The molecule has 0 fully saturated rings. The lowest BCUT2D eigenvalue weighted by molar-refractivity contribution is 0.104. The predicted octanol–water partition coefficient (Wildman–Crippen LogP) is 3.98. The van der Waals surface area contributed by atoms with Gasteiger partial charge in [0.15, 0.2) is 17.1 Å². The van der Waals surface area contributed by atoms with E-state index in [-0.39, 0.29) is 29.0 Å². The van der Waals surface area contributed by atoms with Crippen LogP contribution in [0.5, 0.6) is 11.5 Å². The minimum Gasteiger partial charge on any atom is -0.504 e. The third-order valence-electron chi connectivity index (χ3n) is 5.17. The number of fused-ring (bicyclic) bond motifs is 1. The number of furan rings is 1. The fourth-order valence-electron chi connectivity index (χ4n) is 3.31. The van der Waals surface area contributed by atoms with Gasteiger partial charge in [0.2, 0.25) is 11.8 Å². The maximum Gasteiger partial charge on any atom is 0.205 e. The van der Waals surface area contributed by atoms with Crippen LogP contribution in [0.3, 0.4) is 0 Å². The molecule has 0 unspecified atom stereocenters. The van der Waals surface area contributed by atoms with Crippen molar-refractivity contribution in [3.05, 3.63) is 52.1 Å². The molecule has 0 bridgehead atoms. The van der Waals surface area contributed by atoms with E-state index in [0.29, 0.717) is 40.9 Å². The number of nitrogens with one attached hydrogen (secondary N) is 4. The van der Waals surface area contributed by atoms with E-state index in [0.717, 1.165) is 11.1 Å². The number of methoxy groups -OCH3 is 1. The highest BCUT2D eigenvalue weighted by Crippen LogP contribution is 2.38.